The highest BCUT2D eigenvalue weighted by atomic mass is 16.5. The molecule has 0 aliphatic carbocycles. The molecule has 0 aromatic heterocycles. The fraction of sp³-hybridized carbons (Fsp3) is 0.800. The Bertz CT molecular complexity index is 189. The molecule has 0 heterocycles. The van der Waals surface area contributed by atoms with Gasteiger partial charge in [-0.05, 0) is 6.42 Å². The topological polar surface area (TPSA) is 63.6 Å². The number of carboxylic acids is 1. The molecule has 0 radical (unpaired) electrons. The van der Waals surface area contributed by atoms with Crippen LogP contribution in [-0.4, -0.2) is 24.2 Å². The number of unbranched alkanes of at least 4 members (excludes halogenated alkanes) is 3. The van der Waals surface area contributed by atoms with Gasteiger partial charge in [-0.2, -0.15) is 0 Å². The number of hydrogen-bond donors (Lipinski definition) is 1. The highest BCUT2D eigenvalue weighted by Gasteiger charge is 2.26. The molecule has 4 heteroatoms. The number of rotatable bonds is 7. The smallest absolute Gasteiger partial charge is 0.320 e. The second-order valence-electron chi connectivity index (χ2n) is 3.26. The molecule has 82 valence electrons. The number of aliphatic carboxylic acids is 1. The second-order valence-corrected chi connectivity index (χ2v) is 3.26. The van der Waals surface area contributed by atoms with Crippen molar-refractivity contribution in [1.29, 1.82) is 0 Å². The number of carboxylic acid groups (broad SMARTS) is 1. The van der Waals surface area contributed by atoms with Gasteiger partial charge in [-0.1, -0.05) is 32.6 Å². The molecule has 0 aliphatic rings. The number of ether oxygens (including phenoxy) is 1. The molecular weight excluding hydrogens is 184 g/mol. The fourth-order valence-corrected chi connectivity index (χ4v) is 1.26. The summed E-state index contributed by atoms with van der Waals surface area (Å²) in [4.78, 5) is 21.7. The van der Waals surface area contributed by atoms with Crippen molar-refractivity contribution in [2.24, 2.45) is 5.92 Å². The highest BCUT2D eigenvalue weighted by Crippen LogP contribution is 2.12. The van der Waals surface area contributed by atoms with E-state index in [9.17, 15) is 9.59 Å². The van der Waals surface area contributed by atoms with Crippen LogP contribution in [0.2, 0.25) is 0 Å². The minimum atomic E-state index is -1.09. The number of hydrogen-bond acceptors (Lipinski definition) is 3. The Balaban J connectivity index is 3.86. The summed E-state index contributed by atoms with van der Waals surface area (Å²) in [5.74, 6) is -2.72. The highest BCUT2D eigenvalue weighted by molar-refractivity contribution is 5.93. The third kappa shape index (κ3) is 4.84. The zero-order valence-electron chi connectivity index (χ0n) is 8.78. The van der Waals surface area contributed by atoms with Gasteiger partial charge in [-0.3, -0.25) is 9.59 Å². The van der Waals surface area contributed by atoms with E-state index in [1.807, 2.05) is 0 Å². The molecule has 0 spiro atoms. The van der Waals surface area contributed by atoms with Gasteiger partial charge < -0.3 is 9.84 Å². The summed E-state index contributed by atoms with van der Waals surface area (Å²) in [5, 5.41) is 8.73. The van der Waals surface area contributed by atoms with Crippen molar-refractivity contribution in [2.45, 2.75) is 39.0 Å². The maximum Gasteiger partial charge on any atom is 0.320 e. The molecule has 0 aromatic rings. The third-order valence-corrected chi connectivity index (χ3v) is 2.13. The van der Waals surface area contributed by atoms with Crippen molar-refractivity contribution in [1.82, 2.24) is 0 Å². The van der Waals surface area contributed by atoms with Crippen LogP contribution in [0.5, 0.6) is 0 Å². The van der Waals surface area contributed by atoms with Gasteiger partial charge in [0.2, 0.25) is 0 Å². The Labute approximate surface area is 84.3 Å². The van der Waals surface area contributed by atoms with Crippen molar-refractivity contribution >= 4 is 11.9 Å². The van der Waals surface area contributed by atoms with Gasteiger partial charge in [0, 0.05) is 0 Å². The van der Waals surface area contributed by atoms with E-state index in [4.69, 9.17) is 5.11 Å². The van der Waals surface area contributed by atoms with Gasteiger partial charge in [0.1, 0.15) is 0 Å². The van der Waals surface area contributed by atoms with Gasteiger partial charge in [-0.15, -0.1) is 0 Å². The quantitative estimate of drug-likeness (QED) is 0.388. The van der Waals surface area contributed by atoms with Crippen molar-refractivity contribution in [3.63, 3.8) is 0 Å². The number of esters is 1. The molecule has 1 atom stereocenters. The summed E-state index contributed by atoms with van der Waals surface area (Å²) in [6.07, 6.45) is 4.28. The third-order valence-electron chi connectivity index (χ3n) is 2.13. The SMILES string of the molecule is CCCCCCC(C(=O)O)C(=O)OC. The average molecular weight is 202 g/mol. The zero-order chi connectivity index (χ0) is 11.0. The first-order chi connectivity index (χ1) is 6.63. The lowest BCUT2D eigenvalue weighted by Gasteiger charge is -2.08. The molecule has 1 unspecified atom stereocenters. The Hall–Kier alpha value is -1.06. The maximum atomic E-state index is 11.0. The van der Waals surface area contributed by atoms with Gasteiger partial charge in [0.05, 0.1) is 7.11 Å². The second kappa shape index (κ2) is 7.35. The fourth-order valence-electron chi connectivity index (χ4n) is 1.26. The van der Waals surface area contributed by atoms with E-state index in [1.165, 1.54) is 7.11 Å². The molecule has 0 rings (SSSR count). The van der Waals surface area contributed by atoms with Crippen LogP contribution in [0.4, 0.5) is 0 Å². The molecule has 0 amide bonds. The molecule has 0 fully saturated rings. The van der Waals surface area contributed by atoms with Crippen LogP contribution in [0.15, 0.2) is 0 Å². The van der Waals surface area contributed by atoms with Gasteiger partial charge in [0.25, 0.3) is 0 Å². The first-order valence-electron chi connectivity index (χ1n) is 4.94. The maximum absolute atomic E-state index is 11.0. The summed E-state index contributed by atoms with van der Waals surface area (Å²) >= 11 is 0. The van der Waals surface area contributed by atoms with E-state index < -0.39 is 17.9 Å². The summed E-state index contributed by atoms with van der Waals surface area (Å²) in [7, 11) is 1.21. The molecule has 14 heavy (non-hydrogen) atoms. The predicted octanol–water partition coefficient (Wildman–Crippen LogP) is 1.83. The van der Waals surface area contributed by atoms with Gasteiger partial charge in [-0.25, -0.2) is 0 Å². The normalized spacial score (nSPS) is 12.1. The molecular formula is C10H18O4. The predicted molar refractivity (Wildman–Crippen MR) is 51.9 cm³/mol. The van der Waals surface area contributed by atoms with E-state index in [0.717, 1.165) is 25.7 Å². The molecule has 0 saturated heterocycles. The van der Waals surface area contributed by atoms with E-state index in [-0.39, 0.29) is 0 Å². The average Bonchev–Trinajstić information content (AvgIpc) is 2.16. The van der Waals surface area contributed by atoms with Crippen LogP contribution in [0.3, 0.4) is 0 Å². The summed E-state index contributed by atoms with van der Waals surface area (Å²) < 4.78 is 4.41. The van der Waals surface area contributed by atoms with Crippen LogP contribution in [0, 0.1) is 5.92 Å². The van der Waals surface area contributed by atoms with E-state index in [2.05, 4.69) is 11.7 Å². The lowest BCUT2D eigenvalue weighted by molar-refractivity contribution is -0.157. The van der Waals surface area contributed by atoms with Gasteiger partial charge >= 0.3 is 11.9 Å². The monoisotopic (exact) mass is 202 g/mol. The van der Waals surface area contributed by atoms with Crippen molar-refractivity contribution in [3.05, 3.63) is 0 Å². The summed E-state index contributed by atoms with van der Waals surface area (Å²) in [5.41, 5.74) is 0. The minimum absolute atomic E-state index is 0.377. The van der Waals surface area contributed by atoms with E-state index in [1.54, 1.807) is 0 Å². The van der Waals surface area contributed by atoms with E-state index in [0.29, 0.717) is 6.42 Å². The van der Waals surface area contributed by atoms with Crippen molar-refractivity contribution < 1.29 is 19.4 Å². The van der Waals surface area contributed by atoms with Crippen molar-refractivity contribution in [3.8, 4) is 0 Å². The molecule has 1 N–H and O–H groups in total. The Morgan fingerprint density at radius 2 is 1.93 bits per heavy atom. The van der Waals surface area contributed by atoms with Crippen molar-refractivity contribution in [2.75, 3.05) is 7.11 Å². The number of carbonyl (C=O) groups excluding carboxylic acids is 1. The summed E-state index contributed by atoms with van der Waals surface area (Å²) in [6, 6.07) is 0. The number of methoxy groups -OCH3 is 1. The first-order valence-corrected chi connectivity index (χ1v) is 4.94. The van der Waals surface area contributed by atoms with Crippen LogP contribution < -0.4 is 0 Å². The lowest BCUT2D eigenvalue weighted by atomic mass is 10.0. The Kier molecular flexibility index (Phi) is 6.80. The van der Waals surface area contributed by atoms with Crippen LogP contribution in [0.1, 0.15) is 39.0 Å². The standard InChI is InChI=1S/C10H18O4/c1-3-4-5-6-7-8(9(11)12)10(13)14-2/h8H,3-7H2,1-2H3,(H,11,12). The molecule has 4 nitrogen and oxygen atoms in total. The Morgan fingerprint density at radius 1 is 1.29 bits per heavy atom. The zero-order valence-corrected chi connectivity index (χ0v) is 8.78. The largest absolute Gasteiger partial charge is 0.481 e. The van der Waals surface area contributed by atoms with E-state index >= 15 is 0 Å². The molecule has 0 aromatic carbocycles. The van der Waals surface area contributed by atoms with Crippen LogP contribution in [-0.2, 0) is 14.3 Å². The van der Waals surface area contributed by atoms with Gasteiger partial charge in [0.15, 0.2) is 5.92 Å². The lowest BCUT2D eigenvalue weighted by Crippen LogP contribution is -2.24. The minimum Gasteiger partial charge on any atom is -0.481 e. The molecule has 0 aliphatic heterocycles. The summed E-state index contributed by atoms with van der Waals surface area (Å²) in [6.45, 7) is 2.08. The molecule has 0 bridgehead atoms. The van der Waals surface area contributed by atoms with Crippen LogP contribution >= 0.6 is 0 Å². The Morgan fingerprint density at radius 3 is 2.36 bits per heavy atom. The van der Waals surface area contributed by atoms with Crippen LogP contribution in [0.25, 0.3) is 0 Å². The molecule has 0 saturated carbocycles. The first kappa shape index (κ1) is 12.9. The number of carbonyl (C=O) groups is 2.